The Kier molecular flexibility index (Phi) is 2.65. The molecule has 0 unspecified atom stereocenters. The minimum Gasteiger partial charge on any atom is -0.364 e. The molecular weight excluding hydrogens is 208 g/mol. The maximum absolute atomic E-state index is 8.77. The second-order valence-corrected chi connectivity index (χ2v) is 3.24. The highest BCUT2D eigenvalue weighted by Crippen LogP contribution is 2.20. The maximum atomic E-state index is 8.77. The van der Waals surface area contributed by atoms with E-state index < -0.39 is 6.29 Å². The quantitative estimate of drug-likeness (QED) is 0.703. The Bertz CT molecular complexity index is 258. The number of aliphatic hydroxyl groups is 2. The number of aliphatic hydroxyl groups excluding tert-OH is 1. The van der Waals surface area contributed by atoms with E-state index in [0.29, 0.717) is 5.56 Å². The van der Waals surface area contributed by atoms with E-state index in [1.54, 1.807) is 12.1 Å². The standard InChI is InChI=1S/C8H9BrO2/c1-5-2-3-6(8(10)11)4-7(5)9/h2-4,8,10-11H,1H3. The van der Waals surface area contributed by atoms with E-state index in [9.17, 15) is 0 Å². The molecule has 0 saturated heterocycles. The van der Waals surface area contributed by atoms with Gasteiger partial charge in [0.15, 0.2) is 6.29 Å². The van der Waals surface area contributed by atoms with E-state index in [0.717, 1.165) is 10.0 Å². The number of hydrogen-bond acceptors (Lipinski definition) is 2. The molecule has 0 heterocycles. The van der Waals surface area contributed by atoms with Crippen molar-refractivity contribution in [2.75, 3.05) is 0 Å². The summed E-state index contributed by atoms with van der Waals surface area (Å²) in [5, 5.41) is 17.5. The maximum Gasteiger partial charge on any atom is 0.178 e. The van der Waals surface area contributed by atoms with Gasteiger partial charge in [-0.25, -0.2) is 0 Å². The predicted molar refractivity (Wildman–Crippen MR) is 46.1 cm³/mol. The van der Waals surface area contributed by atoms with Crippen molar-refractivity contribution in [3.63, 3.8) is 0 Å². The molecule has 0 spiro atoms. The van der Waals surface area contributed by atoms with Crippen LogP contribution in [-0.4, -0.2) is 10.2 Å². The zero-order valence-corrected chi connectivity index (χ0v) is 7.67. The van der Waals surface area contributed by atoms with Gasteiger partial charge in [-0.3, -0.25) is 0 Å². The first-order valence-electron chi connectivity index (χ1n) is 3.23. The summed E-state index contributed by atoms with van der Waals surface area (Å²) in [7, 11) is 0. The van der Waals surface area contributed by atoms with Gasteiger partial charge in [-0.2, -0.15) is 0 Å². The Labute approximate surface area is 73.6 Å². The average molecular weight is 217 g/mol. The van der Waals surface area contributed by atoms with Gasteiger partial charge in [0.25, 0.3) is 0 Å². The largest absolute Gasteiger partial charge is 0.364 e. The Morgan fingerprint density at radius 2 is 2.00 bits per heavy atom. The molecule has 0 fully saturated rings. The smallest absolute Gasteiger partial charge is 0.178 e. The molecule has 0 bridgehead atoms. The summed E-state index contributed by atoms with van der Waals surface area (Å²) in [4.78, 5) is 0. The highest BCUT2D eigenvalue weighted by Gasteiger charge is 2.03. The van der Waals surface area contributed by atoms with Gasteiger partial charge in [-0.05, 0) is 18.6 Å². The van der Waals surface area contributed by atoms with Crippen LogP contribution in [0.15, 0.2) is 22.7 Å². The van der Waals surface area contributed by atoms with Crippen LogP contribution in [0.2, 0.25) is 0 Å². The number of halogens is 1. The Morgan fingerprint density at radius 1 is 1.36 bits per heavy atom. The SMILES string of the molecule is Cc1ccc(C(O)O)cc1Br. The van der Waals surface area contributed by atoms with Gasteiger partial charge in [0.2, 0.25) is 0 Å². The highest BCUT2D eigenvalue weighted by molar-refractivity contribution is 9.10. The molecule has 0 amide bonds. The van der Waals surface area contributed by atoms with Crippen molar-refractivity contribution in [3.8, 4) is 0 Å². The fourth-order valence-corrected chi connectivity index (χ4v) is 1.17. The molecule has 0 saturated carbocycles. The van der Waals surface area contributed by atoms with Crippen LogP contribution >= 0.6 is 15.9 Å². The summed E-state index contributed by atoms with van der Waals surface area (Å²) in [6, 6.07) is 5.21. The number of aryl methyl sites for hydroxylation is 1. The van der Waals surface area contributed by atoms with Crippen LogP contribution in [0, 0.1) is 6.92 Å². The van der Waals surface area contributed by atoms with Crippen molar-refractivity contribution in [2.24, 2.45) is 0 Å². The van der Waals surface area contributed by atoms with Gasteiger partial charge in [0.05, 0.1) is 0 Å². The minimum atomic E-state index is -1.38. The molecular formula is C8H9BrO2. The molecule has 2 nitrogen and oxygen atoms in total. The van der Waals surface area contributed by atoms with Crippen molar-refractivity contribution in [3.05, 3.63) is 33.8 Å². The second kappa shape index (κ2) is 3.34. The monoisotopic (exact) mass is 216 g/mol. The van der Waals surface area contributed by atoms with Crippen molar-refractivity contribution < 1.29 is 10.2 Å². The predicted octanol–water partition coefficient (Wildman–Crippen LogP) is 1.74. The minimum absolute atomic E-state index is 0.502. The lowest BCUT2D eigenvalue weighted by atomic mass is 10.1. The van der Waals surface area contributed by atoms with E-state index in [2.05, 4.69) is 15.9 Å². The van der Waals surface area contributed by atoms with Gasteiger partial charge < -0.3 is 10.2 Å². The fourth-order valence-electron chi connectivity index (χ4n) is 0.770. The first-order chi connectivity index (χ1) is 5.11. The number of hydrogen-bond donors (Lipinski definition) is 2. The highest BCUT2D eigenvalue weighted by atomic mass is 79.9. The molecule has 3 heteroatoms. The van der Waals surface area contributed by atoms with Crippen LogP contribution in [0.25, 0.3) is 0 Å². The third-order valence-electron chi connectivity index (χ3n) is 1.49. The van der Waals surface area contributed by atoms with Gasteiger partial charge in [0.1, 0.15) is 0 Å². The Balaban J connectivity index is 3.05. The first kappa shape index (κ1) is 8.71. The van der Waals surface area contributed by atoms with E-state index >= 15 is 0 Å². The van der Waals surface area contributed by atoms with E-state index in [1.807, 2.05) is 13.0 Å². The van der Waals surface area contributed by atoms with Crippen LogP contribution in [-0.2, 0) is 0 Å². The first-order valence-corrected chi connectivity index (χ1v) is 4.03. The summed E-state index contributed by atoms with van der Waals surface area (Å²) in [5.74, 6) is 0. The third kappa shape index (κ3) is 2.02. The van der Waals surface area contributed by atoms with Crippen LogP contribution in [0.4, 0.5) is 0 Å². The van der Waals surface area contributed by atoms with Crippen molar-refractivity contribution in [1.29, 1.82) is 0 Å². The third-order valence-corrected chi connectivity index (χ3v) is 2.35. The van der Waals surface area contributed by atoms with E-state index in [1.165, 1.54) is 0 Å². The van der Waals surface area contributed by atoms with Crippen molar-refractivity contribution >= 4 is 15.9 Å². The molecule has 60 valence electrons. The molecule has 1 aromatic rings. The zero-order valence-electron chi connectivity index (χ0n) is 6.08. The van der Waals surface area contributed by atoms with Crippen molar-refractivity contribution in [2.45, 2.75) is 13.2 Å². The Morgan fingerprint density at radius 3 is 2.45 bits per heavy atom. The molecule has 0 aliphatic heterocycles. The molecule has 0 aromatic heterocycles. The van der Waals surface area contributed by atoms with Crippen LogP contribution in [0.5, 0.6) is 0 Å². The lowest BCUT2D eigenvalue weighted by Crippen LogP contribution is -1.94. The van der Waals surface area contributed by atoms with Crippen molar-refractivity contribution in [1.82, 2.24) is 0 Å². The van der Waals surface area contributed by atoms with Crippen LogP contribution < -0.4 is 0 Å². The summed E-state index contributed by atoms with van der Waals surface area (Å²) in [5.41, 5.74) is 1.58. The molecule has 0 aliphatic rings. The molecule has 1 aromatic carbocycles. The molecule has 0 atom stereocenters. The van der Waals surface area contributed by atoms with Gasteiger partial charge in [-0.15, -0.1) is 0 Å². The summed E-state index contributed by atoms with van der Waals surface area (Å²) >= 11 is 3.29. The Hall–Kier alpha value is -0.380. The molecule has 0 radical (unpaired) electrons. The topological polar surface area (TPSA) is 40.5 Å². The van der Waals surface area contributed by atoms with Gasteiger partial charge in [-0.1, -0.05) is 28.1 Å². The zero-order chi connectivity index (χ0) is 8.43. The summed E-state index contributed by atoms with van der Waals surface area (Å²) in [6.45, 7) is 1.94. The molecule has 11 heavy (non-hydrogen) atoms. The molecule has 2 N–H and O–H groups in total. The average Bonchev–Trinajstić information content (AvgIpc) is 1.94. The lowest BCUT2D eigenvalue weighted by Gasteiger charge is -2.04. The molecule has 1 rings (SSSR count). The molecule has 0 aliphatic carbocycles. The lowest BCUT2D eigenvalue weighted by molar-refractivity contribution is -0.0425. The second-order valence-electron chi connectivity index (χ2n) is 2.38. The van der Waals surface area contributed by atoms with Gasteiger partial charge in [0, 0.05) is 10.0 Å². The normalized spacial score (nSPS) is 10.6. The van der Waals surface area contributed by atoms with Gasteiger partial charge >= 0.3 is 0 Å². The summed E-state index contributed by atoms with van der Waals surface area (Å²) in [6.07, 6.45) is -1.38. The number of rotatable bonds is 1. The van der Waals surface area contributed by atoms with E-state index in [4.69, 9.17) is 10.2 Å². The fraction of sp³-hybridized carbons (Fsp3) is 0.250. The number of benzene rings is 1. The summed E-state index contributed by atoms with van der Waals surface area (Å²) < 4.78 is 0.892. The van der Waals surface area contributed by atoms with Crippen LogP contribution in [0.1, 0.15) is 17.4 Å². The van der Waals surface area contributed by atoms with E-state index in [-0.39, 0.29) is 0 Å². The van der Waals surface area contributed by atoms with Crippen LogP contribution in [0.3, 0.4) is 0 Å².